The molecule has 70 valence electrons. The van der Waals surface area contributed by atoms with Gasteiger partial charge in [0.15, 0.2) is 0 Å². The molecule has 1 rings (SSSR count). The summed E-state index contributed by atoms with van der Waals surface area (Å²) in [6.45, 7) is 11.3. The van der Waals surface area contributed by atoms with Gasteiger partial charge < -0.3 is 4.57 Å². The number of nitrogens with zero attached hydrogens (tertiary/aromatic N) is 1. The van der Waals surface area contributed by atoms with Crippen LogP contribution in [0.1, 0.15) is 19.4 Å². The molecule has 1 heteroatoms. The van der Waals surface area contributed by atoms with E-state index in [0.717, 1.165) is 11.8 Å². The van der Waals surface area contributed by atoms with Gasteiger partial charge in [0, 0.05) is 18.1 Å². The van der Waals surface area contributed by atoms with Gasteiger partial charge in [-0.1, -0.05) is 18.7 Å². The predicted octanol–water partition coefficient (Wildman–Crippen LogP) is 1.58. The highest BCUT2D eigenvalue weighted by molar-refractivity contribution is 5.37. The molecule has 0 radical (unpaired) electrons. The Bertz CT molecular complexity index is 407. The highest BCUT2D eigenvalue weighted by Crippen LogP contribution is 1.86. The van der Waals surface area contributed by atoms with Gasteiger partial charge in [0.05, 0.1) is 0 Å². The number of aryl methyl sites for hydroxylation is 2. The molecular formula is C12H17N. The lowest BCUT2D eigenvalue weighted by Gasteiger charge is -1.95. The molecule has 0 aliphatic heterocycles. The van der Waals surface area contributed by atoms with Gasteiger partial charge in [-0.2, -0.15) is 0 Å². The van der Waals surface area contributed by atoms with E-state index in [1.165, 1.54) is 10.9 Å². The fourth-order valence-electron chi connectivity index (χ4n) is 1.40. The van der Waals surface area contributed by atoms with Crippen LogP contribution in [0, 0.1) is 6.92 Å². The number of hydrogen-bond donors (Lipinski definition) is 0. The largest absolute Gasteiger partial charge is 0.348 e. The first-order chi connectivity index (χ1) is 6.20. The third kappa shape index (κ3) is 1.92. The van der Waals surface area contributed by atoms with E-state index in [9.17, 15) is 0 Å². The molecule has 1 aromatic rings. The third-order valence-corrected chi connectivity index (χ3v) is 2.23. The monoisotopic (exact) mass is 175 g/mol. The quantitative estimate of drug-likeness (QED) is 0.643. The molecule has 0 unspecified atom stereocenters. The summed E-state index contributed by atoms with van der Waals surface area (Å²) < 4.78 is 2.22. The van der Waals surface area contributed by atoms with Crippen molar-refractivity contribution in [2.24, 2.45) is 0 Å². The van der Waals surface area contributed by atoms with E-state index >= 15 is 0 Å². The van der Waals surface area contributed by atoms with Crippen LogP contribution in [0.5, 0.6) is 0 Å². The van der Waals surface area contributed by atoms with Crippen LogP contribution in [-0.4, -0.2) is 4.57 Å². The Morgan fingerprint density at radius 1 is 1.54 bits per heavy atom. The Morgan fingerprint density at radius 3 is 2.77 bits per heavy atom. The Labute approximate surface area is 79.7 Å². The summed E-state index contributed by atoms with van der Waals surface area (Å²) in [6, 6.07) is 0. The van der Waals surface area contributed by atoms with Crippen LogP contribution < -0.4 is 10.6 Å². The molecule has 0 saturated carbocycles. The Hall–Kier alpha value is -1.24. The van der Waals surface area contributed by atoms with Crippen molar-refractivity contribution in [1.29, 1.82) is 0 Å². The second kappa shape index (κ2) is 4.13. The molecule has 0 spiro atoms. The maximum Gasteiger partial charge on any atom is 0.0476 e. The zero-order valence-electron chi connectivity index (χ0n) is 8.67. The smallest absolute Gasteiger partial charge is 0.0476 e. The SMILES string of the molecule is C=c1c(C)cn(CC)/c1=C/C=C\C. The summed E-state index contributed by atoms with van der Waals surface area (Å²) in [5, 5.41) is 2.36. The van der Waals surface area contributed by atoms with Crippen molar-refractivity contribution >= 4 is 12.7 Å². The number of aromatic nitrogens is 1. The van der Waals surface area contributed by atoms with Gasteiger partial charge in [-0.25, -0.2) is 0 Å². The van der Waals surface area contributed by atoms with Gasteiger partial charge in [0.2, 0.25) is 0 Å². The Balaban J connectivity index is 3.41. The fourth-order valence-corrected chi connectivity index (χ4v) is 1.40. The van der Waals surface area contributed by atoms with Gasteiger partial charge in [-0.05, 0) is 37.6 Å². The van der Waals surface area contributed by atoms with Crippen LogP contribution in [0.2, 0.25) is 0 Å². The molecule has 0 bridgehead atoms. The summed E-state index contributed by atoms with van der Waals surface area (Å²) in [5.74, 6) is 0. The number of rotatable bonds is 2. The lowest BCUT2D eigenvalue weighted by molar-refractivity contribution is 0.743. The predicted molar refractivity (Wildman–Crippen MR) is 58.9 cm³/mol. The zero-order chi connectivity index (χ0) is 9.84. The first-order valence-corrected chi connectivity index (χ1v) is 4.68. The molecule has 13 heavy (non-hydrogen) atoms. The van der Waals surface area contributed by atoms with Gasteiger partial charge in [-0.3, -0.25) is 0 Å². The third-order valence-electron chi connectivity index (χ3n) is 2.23. The molecule has 0 atom stereocenters. The summed E-state index contributed by atoms with van der Waals surface area (Å²) in [5.41, 5.74) is 1.26. The Kier molecular flexibility index (Phi) is 3.13. The molecule has 1 nitrogen and oxygen atoms in total. The van der Waals surface area contributed by atoms with Crippen LogP contribution in [-0.2, 0) is 6.54 Å². The molecule has 0 amide bonds. The first kappa shape index (κ1) is 9.85. The standard InChI is InChI=1S/C12H17N/c1-5-7-8-12-11(4)10(3)9-13(12)6-2/h5,7-9H,4,6H2,1-3H3/b7-5-,12-8+. The normalized spacial score (nSPS) is 13.0. The van der Waals surface area contributed by atoms with Crippen molar-refractivity contribution in [3.8, 4) is 0 Å². The summed E-state index contributed by atoms with van der Waals surface area (Å²) in [7, 11) is 0. The van der Waals surface area contributed by atoms with Gasteiger partial charge >= 0.3 is 0 Å². The van der Waals surface area contributed by atoms with Crippen molar-refractivity contribution in [2.45, 2.75) is 27.3 Å². The molecule has 0 N–H and O–H groups in total. The fraction of sp³-hybridized carbons (Fsp3) is 0.333. The molecule has 0 aromatic carbocycles. The highest BCUT2D eigenvalue weighted by Gasteiger charge is 1.95. The average Bonchev–Trinajstić information content (AvgIpc) is 2.40. The molecule has 0 aliphatic carbocycles. The van der Waals surface area contributed by atoms with E-state index < -0.39 is 0 Å². The first-order valence-electron chi connectivity index (χ1n) is 4.68. The van der Waals surface area contributed by atoms with Gasteiger partial charge in [-0.15, -0.1) is 0 Å². The maximum atomic E-state index is 4.06. The Morgan fingerprint density at radius 2 is 2.23 bits per heavy atom. The minimum Gasteiger partial charge on any atom is -0.348 e. The molecule has 1 aromatic heterocycles. The van der Waals surface area contributed by atoms with E-state index in [2.05, 4.69) is 43.3 Å². The molecule has 1 heterocycles. The van der Waals surface area contributed by atoms with E-state index in [0.29, 0.717) is 0 Å². The molecule has 0 fully saturated rings. The van der Waals surface area contributed by atoms with Crippen molar-refractivity contribution in [3.05, 3.63) is 34.5 Å². The van der Waals surface area contributed by atoms with Crippen molar-refractivity contribution in [3.63, 3.8) is 0 Å². The van der Waals surface area contributed by atoms with Crippen LogP contribution in [0.4, 0.5) is 0 Å². The van der Waals surface area contributed by atoms with E-state index in [-0.39, 0.29) is 0 Å². The van der Waals surface area contributed by atoms with Crippen LogP contribution >= 0.6 is 0 Å². The topological polar surface area (TPSA) is 4.93 Å². The van der Waals surface area contributed by atoms with Gasteiger partial charge in [0.1, 0.15) is 0 Å². The van der Waals surface area contributed by atoms with Crippen LogP contribution in [0.25, 0.3) is 12.7 Å². The number of hydrogen-bond acceptors (Lipinski definition) is 0. The average molecular weight is 175 g/mol. The lowest BCUT2D eigenvalue weighted by atomic mass is 10.3. The maximum absolute atomic E-state index is 4.06. The minimum absolute atomic E-state index is 1.000. The van der Waals surface area contributed by atoms with Crippen molar-refractivity contribution in [2.75, 3.05) is 0 Å². The minimum atomic E-state index is 1.000. The van der Waals surface area contributed by atoms with Crippen LogP contribution in [0.15, 0.2) is 18.3 Å². The second-order valence-corrected chi connectivity index (χ2v) is 3.15. The van der Waals surface area contributed by atoms with Crippen molar-refractivity contribution < 1.29 is 0 Å². The summed E-state index contributed by atoms with van der Waals surface area (Å²) in [6.07, 6.45) is 8.34. The molecule has 0 saturated heterocycles. The lowest BCUT2D eigenvalue weighted by Crippen LogP contribution is -2.28. The molecule has 0 aliphatic rings. The van der Waals surface area contributed by atoms with E-state index in [4.69, 9.17) is 0 Å². The molecular weight excluding hydrogens is 158 g/mol. The zero-order valence-corrected chi connectivity index (χ0v) is 8.67. The van der Waals surface area contributed by atoms with Crippen molar-refractivity contribution in [1.82, 2.24) is 4.57 Å². The second-order valence-electron chi connectivity index (χ2n) is 3.15. The highest BCUT2D eigenvalue weighted by atomic mass is 14.9. The van der Waals surface area contributed by atoms with E-state index in [1.54, 1.807) is 0 Å². The number of allylic oxidation sites excluding steroid dienone is 2. The summed E-state index contributed by atoms with van der Waals surface area (Å²) in [4.78, 5) is 0. The van der Waals surface area contributed by atoms with E-state index in [1.807, 2.05) is 13.0 Å². The summed E-state index contributed by atoms with van der Waals surface area (Å²) >= 11 is 0. The van der Waals surface area contributed by atoms with Crippen LogP contribution in [0.3, 0.4) is 0 Å². The van der Waals surface area contributed by atoms with Gasteiger partial charge in [0.25, 0.3) is 0 Å².